The van der Waals surface area contributed by atoms with Gasteiger partial charge in [-0.15, -0.1) is 0 Å². The summed E-state index contributed by atoms with van der Waals surface area (Å²) in [5, 5.41) is 4.01. The maximum Gasteiger partial charge on any atom is 0.109 e. The summed E-state index contributed by atoms with van der Waals surface area (Å²) in [5.41, 5.74) is 0.941. The minimum atomic E-state index is -0.394. The first-order chi connectivity index (χ1) is 5.79. The number of hydrogen-bond donors (Lipinski definition) is 0. The van der Waals surface area contributed by atoms with Crippen molar-refractivity contribution in [2.45, 2.75) is 13.2 Å². The second-order valence-corrected chi connectivity index (χ2v) is 3.45. The number of nitrogens with zero attached hydrogens (tertiary/aromatic N) is 2. The molecule has 12 heavy (non-hydrogen) atoms. The van der Waals surface area contributed by atoms with E-state index in [1.807, 2.05) is 0 Å². The Kier molecular flexibility index (Phi) is 3.93. The van der Waals surface area contributed by atoms with Gasteiger partial charge in [0.15, 0.2) is 0 Å². The molecular formula is C7H10FIN2O. The van der Waals surface area contributed by atoms with E-state index >= 15 is 0 Å². The van der Waals surface area contributed by atoms with Crippen molar-refractivity contribution in [1.29, 1.82) is 0 Å². The van der Waals surface area contributed by atoms with E-state index < -0.39 is 6.67 Å². The van der Waals surface area contributed by atoms with E-state index in [-0.39, 0.29) is 0 Å². The Labute approximate surface area is 84.0 Å². The van der Waals surface area contributed by atoms with Crippen LogP contribution in [-0.2, 0) is 17.9 Å². The second kappa shape index (κ2) is 4.76. The lowest BCUT2D eigenvalue weighted by molar-refractivity contribution is 0.175. The summed E-state index contributed by atoms with van der Waals surface area (Å²) in [6.45, 7) is 0.397. The molecule has 1 rings (SSSR count). The molecule has 0 saturated carbocycles. The Bertz CT molecular complexity index is 252. The lowest BCUT2D eigenvalue weighted by Crippen LogP contribution is -2.07. The lowest BCUT2D eigenvalue weighted by Gasteiger charge is -2.03. The lowest BCUT2D eigenvalue weighted by atomic mass is 10.4. The molecule has 5 heteroatoms. The minimum Gasteiger partial charge on any atom is -0.378 e. The molecule has 1 aromatic rings. The van der Waals surface area contributed by atoms with Crippen LogP contribution in [0.5, 0.6) is 0 Å². The van der Waals surface area contributed by atoms with E-state index in [9.17, 15) is 4.39 Å². The van der Waals surface area contributed by atoms with Gasteiger partial charge in [0.25, 0.3) is 0 Å². The number of ether oxygens (including phenoxy) is 1. The molecule has 0 aromatic carbocycles. The van der Waals surface area contributed by atoms with Crippen molar-refractivity contribution in [2.24, 2.45) is 0 Å². The van der Waals surface area contributed by atoms with Gasteiger partial charge in [-0.2, -0.15) is 5.10 Å². The van der Waals surface area contributed by atoms with E-state index in [2.05, 4.69) is 27.7 Å². The van der Waals surface area contributed by atoms with E-state index in [0.717, 1.165) is 9.26 Å². The number of aromatic nitrogens is 2. The molecule has 0 radical (unpaired) electrons. The van der Waals surface area contributed by atoms with Crippen molar-refractivity contribution >= 4 is 22.6 Å². The first kappa shape index (κ1) is 9.91. The summed E-state index contributed by atoms with van der Waals surface area (Å²) in [6, 6.07) is 0. The number of aryl methyl sites for hydroxylation is 1. The Balaban J connectivity index is 2.80. The predicted molar refractivity (Wildman–Crippen MR) is 51.6 cm³/mol. The van der Waals surface area contributed by atoms with Gasteiger partial charge in [-0.25, -0.2) is 4.39 Å². The SMILES string of the molecule is COCc1c(I)cnn1CCF. The fourth-order valence-corrected chi connectivity index (χ4v) is 1.50. The molecule has 1 aromatic heterocycles. The van der Waals surface area contributed by atoms with Crippen LogP contribution in [0.3, 0.4) is 0 Å². The molecule has 0 N–H and O–H groups in total. The maximum absolute atomic E-state index is 12.0. The van der Waals surface area contributed by atoms with E-state index in [0.29, 0.717) is 13.2 Å². The molecule has 0 spiro atoms. The topological polar surface area (TPSA) is 27.1 Å². The normalized spacial score (nSPS) is 10.6. The van der Waals surface area contributed by atoms with Crippen LogP contribution in [-0.4, -0.2) is 23.6 Å². The molecule has 0 amide bonds. The highest BCUT2D eigenvalue weighted by molar-refractivity contribution is 14.1. The molecule has 1 heterocycles. The maximum atomic E-state index is 12.0. The highest BCUT2D eigenvalue weighted by Crippen LogP contribution is 2.12. The fraction of sp³-hybridized carbons (Fsp3) is 0.571. The first-order valence-corrected chi connectivity index (χ1v) is 4.62. The molecule has 0 unspecified atom stereocenters. The van der Waals surface area contributed by atoms with Crippen LogP contribution in [0.15, 0.2) is 6.20 Å². The van der Waals surface area contributed by atoms with Gasteiger partial charge in [0, 0.05) is 7.11 Å². The quantitative estimate of drug-likeness (QED) is 0.785. The zero-order valence-electron chi connectivity index (χ0n) is 6.76. The molecule has 3 nitrogen and oxygen atoms in total. The Morgan fingerprint density at radius 1 is 1.75 bits per heavy atom. The Morgan fingerprint density at radius 3 is 3.08 bits per heavy atom. The van der Waals surface area contributed by atoms with Crippen molar-refractivity contribution in [3.63, 3.8) is 0 Å². The Hall–Kier alpha value is -0.170. The Morgan fingerprint density at radius 2 is 2.50 bits per heavy atom. The van der Waals surface area contributed by atoms with E-state index in [4.69, 9.17) is 4.74 Å². The molecule has 0 saturated heterocycles. The molecule has 68 valence electrons. The molecule has 0 fully saturated rings. The van der Waals surface area contributed by atoms with Crippen LogP contribution >= 0.6 is 22.6 Å². The van der Waals surface area contributed by atoms with Crippen molar-refractivity contribution in [2.75, 3.05) is 13.8 Å². The standard InChI is InChI=1S/C7H10FIN2O/c1-12-5-7-6(9)4-10-11(7)3-2-8/h4H,2-3,5H2,1H3. The molecule has 0 bridgehead atoms. The number of methoxy groups -OCH3 is 1. The van der Waals surface area contributed by atoms with Crippen LogP contribution < -0.4 is 0 Å². The summed E-state index contributed by atoms with van der Waals surface area (Å²) >= 11 is 2.16. The smallest absolute Gasteiger partial charge is 0.109 e. The largest absolute Gasteiger partial charge is 0.378 e. The summed E-state index contributed by atoms with van der Waals surface area (Å²) in [5.74, 6) is 0. The molecule has 0 atom stereocenters. The average Bonchev–Trinajstić information content (AvgIpc) is 2.37. The molecule has 0 aliphatic rings. The van der Waals surface area contributed by atoms with Gasteiger partial charge in [-0.05, 0) is 22.6 Å². The van der Waals surface area contributed by atoms with Crippen LogP contribution in [0, 0.1) is 3.57 Å². The van der Waals surface area contributed by atoms with E-state index in [1.165, 1.54) is 0 Å². The summed E-state index contributed by atoms with van der Waals surface area (Å²) in [7, 11) is 1.61. The third-order valence-corrected chi connectivity index (χ3v) is 2.38. The fourth-order valence-electron chi connectivity index (χ4n) is 0.941. The number of rotatable bonds is 4. The van der Waals surface area contributed by atoms with Crippen LogP contribution in [0.4, 0.5) is 4.39 Å². The van der Waals surface area contributed by atoms with E-state index in [1.54, 1.807) is 18.0 Å². The predicted octanol–water partition coefficient (Wildman–Crippen LogP) is 1.60. The van der Waals surface area contributed by atoms with Crippen molar-refractivity contribution < 1.29 is 9.13 Å². The number of halogens is 2. The number of hydrogen-bond acceptors (Lipinski definition) is 2. The average molecular weight is 284 g/mol. The third-order valence-electron chi connectivity index (χ3n) is 1.48. The van der Waals surface area contributed by atoms with Crippen LogP contribution in [0.2, 0.25) is 0 Å². The first-order valence-electron chi connectivity index (χ1n) is 3.54. The third kappa shape index (κ3) is 2.16. The molecular weight excluding hydrogens is 274 g/mol. The van der Waals surface area contributed by atoms with Gasteiger partial charge in [-0.1, -0.05) is 0 Å². The van der Waals surface area contributed by atoms with Gasteiger partial charge >= 0.3 is 0 Å². The van der Waals surface area contributed by atoms with Crippen LogP contribution in [0.1, 0.15) is 5.69 Å². The molecule has 0 aliphatic heterocycles. The van der Waals surface area contributed by atoms with Crippen LogP contribution in [0.25, 0.3) is 0 Å². The van der Waals surface area contributed by atoms with Gasteiger partial charge < -0.3 is 4.74 Å². The highest BCUT2D eigenvalue weighted by atomic mass is 127. The van der Waals surface area contributed by atoms with Gasteiger partial charge in [0.2, 0.25) is 0 Å². The number of alkyl halides is 1. The second-order valence-electron chi connectivity index (χ2n) is 2.28. The van der Waals surface area contributed by atoms with Gasteiger partial charge in [0.05, 0.1) is 28.6 Å². The van der Waals surface area contributed by atoms with Gasteiger partial charge in [0.1, 0.15) is 6.67 Å². The highest BCUT2D eigenvalue weighted by Gasteiger charge is 2.06. The van der Waals surface area contributed by atoms with Gasteiger partial charge in [-0.3, -0.25) is 4.68 Å². The zero-order chi connectivity index (χ0) is 8.97. The van der Waals surface area contributed by atoms with Crippen molar-refractivity contribution in [1.82, 2.24) is 9.78 Å². The summed E-state index contributed by atoms with van der Waals surface area (Å²) in [4.78, 5) is 0. The zero-order valence-corrected chi connectivity index (χ0v) is 8.91. The summed E-state index contributed by atoms with van der Waals surface area (Å²) in [6.07, 6.45) is 1.71. The summed E-state index contributed by atoms with van der Waals surface area (Å²) < 4.78 is 19.6. The minimum absolute atomic E-state index is 0.307. The molecule has 0 aliphatic carbocycles. The van der Waals surface area contributed by atoms with Crippen molar-refractivity contribution in [3.05, 3.63) is 15.5 Å². The monoisotopic (exact) mass is 284 g/mol. The van der Waals surface area contributed by atoms with Crippen molar-refractivity contribution in [3.8, 4) is 0 Å².